The molecular formula is C19H17N3OS. The van der Waals surface area contributed by atoms with E-state index in [-0.39, 0.29) is 5.56 Å². The minimum Gasteiger partial charge on any atom is -0.281 e. The number of hydrogen-bond donors (Lipinski definition) is 0. The number of hydrogen-bond acceptors (Lipinski definition) is 3. The Hall–Kier alpha value is -2.66. The van der Waals surface area contributed by atoms with Crippen molar-refractivity contribution in [3.63, 3.8) is 0 Å². The van der Waals surface area contributed by atoms with Crippen molar-refractivity contribution in [2.45, 2.75) is 13.3 Å². The molecule has 0 aliphatic rings. The molecule has 0 amide bonds. The predicted molar refractivity (Wildman–Crippen MR) is 99.0 cm³/mol. The maximum atomic E-state index is 13.3. The van der Waals surface area contributed by atoms with Gasteiger partial charge in [0.1, 0.15) is 0 Å². The van der Waals surface area contributed by atoms with Crippen LogP contribution >= 0.6 is 11.3 Å². The summed E-state index contributed by atoms with van der Waals surface area (Å²) in [6.45, 7) is 2.08. The normalized spacial score (nSPS) is 11.2. The van der Waals surface area contributed by atoms with E-state index in [1.165, 1.54) is 0 Å². The van der Waals surface area contributed by atoms with E-state index in [2.05, 4.69) is 23.5 Å². The fraction of sp³-hybridized carbons (Fsp3) is 0.158. The summed E-state index contributed by atoms with van der Waals surface area (Å²) in [5, 5.41) is 7.06. The van der Waals surface area contributed by atoms with Gasteiger partial charge in [0.25, 0.3) is 5.56 Å². The van der Waals surface area contributed by atoms with Gasteiger partial charge in [-0.2, -0.15) is 5.10 Å². The summed E-state index contributed by atoms with van der Waals surface area (Å²) in [5.41, 5.74) is 3.91. The molecule has 0 aliphatic heterocycles. The molecule has 4 nitrogen and oxygen atoms in total. The summed E-state index contributed by atoms with van der Waals surface area (Å²) in [6.07, 6.45) is 4.56. The van der Waals surface area contributed by atoms with Gasteiger partial charge in [0, 0.05) is 45.8 Å². The summed E-state index contributed by atoms with van der Waals surface area (Å²) >= 11 is 1.62. The number of fused-ring (bicyclic) bond motifs is 1. The van der Waals surface area contributed by atoms with E-state index in [4.69, 9.17) is 0 Å². The van der Waals surface area contributed by atoms with Gasteiger partial charge >= 0.3 is 0 Å². The Morgan fingerprint density at radius 2 is 2.00 bits per heavy atom. The van der Waals surface area contributed by atoms with E-state index in [1.54, 1.807) is 16.0 Å². The largest absolute Gasteiger partial charge is 0.281 e. The van der Waals surface area contributed by atoms with Crippen LogP contribution in [0.15, 0.2) is 59.0 Å². The van der Waals surface area contributed by atoms with E-state index in [9.17, 15) is 4.79 Å². The Morgan fingerprint density at radius 3 is 2.67 bits per heavy atom. The highest BCUT2D eigenvalue weighted by molar-refractivity contribution is 7.17. The van der Waals surface area contributed by atoms with Crippen LogP contribution in [0.25, 0.3) is 26.9 Å². The molecule has 0 radical (unpaired) electrons. The van der Waals surface area contributed by atoms with Crippen molar-refractivity contribution < 1.29 is 0 Å². The Balaban J connectivity index is 2.06. The maximum Gasteiger partial charge on any atom is 0.264 e. The molecule has 5 heteroatoms. The Labute approximate surface area is 143 Å². The Morgan fingerprint density at radius 1 is 1.21 bits per heavy atom. The smallest absolute Gasteiger partial charge is 0.264 e. The highest BCUT2D eigenvalue weighted by Gasteiger charge is 2.16. The van der Waals surface area contributed by atoms with Gasteiger partial charge in [-0.1, -0.05) is 25.1 Å². The minimum absolute atomic E-state index is 0.0376. The number of aromatic nitrogens is 3. The summed E-state index contributed by atoms with van der Waals surface area (Å²) < 4.78 is 4.62. The molecular weight excluding hydrogens is 318 g/mol. The van der Waals surface area contributed by atoms with E-state index < -0.39 is 0 Å². The first kappa shape index (κ1) is 14.9. The van der Waals surface area contributed by atoms with Crippen molar-refractivity contribution in [3.8, 4) is 16.8 Å². The van der Waals surface area contributed by atoms with Crippen LogP contribution in [0.5, 0.6) is 0 Å². The van der Waals surface area contributed by atoms with Crippen molar-refractivity contribution in [1.82, 2.24) is 14.3 Å². The molecule has 4 aromatic rings. The molecule has 0 bridgehead atoms. The molecule has 0 N–H and O–H groups in total. The van der Waals surface area contributed by atoms with Crippen molar-refractivity contribution in [2.24, 2.45) is 7.05 Å². The Kier molecular flexibility index (Phi) is 3.58. The number of para-hydroxylation sites is 1. The van der Waals surface area contributed by atoms with Gasteiger partial charge in [0.2, 0.25) is 0 Å². The molecule has 24 heavy (non-hydrogen) atoms. The average molecular weight is 335 g/mol. The van der Waals surface area contributed by atoms with E-state index in [1.807, 2.05) is 54.3 Å². The number of thiophene rings is 1. The fourth-order valence-electron chi connectivity index (χ4n) is 3.05. The number of aryl methyl sites for hydroxylation is 2. The molecule has 0 saturated heterocycles. The molecule has 4 rings (SSSR count). The van der Waals surface area contributed by atoms with E-state index >= 15 is 0 Å². The van der Waals surface area contributed by atoms with Crippen LogP contribution in [0.2, 0.25) is 0 Å². The predicted octanol–water partition coefficient (Wildman–Crippen LogP) is 4.02. The first-order chi connectivity index (χ1) is 11.7. The molecule has 120 valence electrons. The number of pyridine rings is 1. The average Bonchev–Trinajstić information content (AvgIpc) is 3.21. The van der Waals surface area contributed by atoms with Crippen LogP contribution in [0.4, 0.5) is 0 Å². The second-order valence-electron chi connectivity index (χ2n) is 5.76. The van der Waals surface area contributed by atoms with Gasteiger partial charge in [-0.15, -0.1) is 11.3 Å². The highest BCUT2D eigenvalue weighted by Crippen LogP contribution is 2.32. The molecule has 3 heterocycles. The zero-order chi connectivity index (χ0) is 16.7. The highest BCUT2D eigenvalue weighted by atomic mass is 32.1. The lowest BCUT2D eigenvalue weighted by Crippen LogP contribution is -2.21. The van der Waals surface area contributed by atoms with Gasteiger partial charge < -0.3 is 0 Å². The zero-order valence-corrected chi connectivity index (χ0v) is 14.4. The lowest BCUT2D eigenvalue weighted by atomic mass is 10.1. The van der Waals surface area contributed by atoms with Crippen LogP contribution in [-0.4, -0.2) is 14.3 Å². The van der Waals surface area contributed by atoms with Gasteiger partial charge in [0.05, 0.1) is 11.6 Å². The first-order valence-corrected chi connectivity index (χ1v) is 8.77. The minimum atomic E-state index is 0.0376. The molecule has 0 saturated carbocycles. The lowest BCUT2D eigenvalue weighted by Gasteiger charge is -2.12. The standard InChI is InChI=1S/C19H17N3OS/c1-3-14-9-17-18(16(12-24-17)13-10-20-21(2)11-13)19(23)22(14)15-7-5-4-6-8-15/h4-12H,3H2,1-2H3. The molecule has 0 atom stereocenters. The monoisotopic (exact) mass is 335 g/mol. The second-order valence-corrected chi connectivity index (χ2v) is 6.67. The third-order valence-corrected chi connectivity index (χ3v) is 5.14. The molecule has 0 spiro atoms. The molecule has 0 unspecified atom stereocenters. The number of benzene rings is 1. The fourth-order valence-corrected chi connectivity index (χ4v) is 4.07. The van der Waals surface area contributed by atoms with Crippen LogP contribution < -0.4 is 5.56 Å². The molecule has 3 aromatic heterocycles. The summed E-state index contributed by atoms with van der Waals surface area (Å²) in [5.74, 6) is 0. The Bertz CT molecular complexity index is 1070. The SMILES string of the molecule is CCc1cc2scc(-c3cnn(C)c3)c2c(=O)n1-c1ccccc1. The van der Waals surface area contributed by atoms with Crippen LogP contribution in [-0.2, 0) is 13.5 Å². The summed E-state index contributed by atoms with van der Waals surface area (Å²) in [4.78, 5) is 13.3. The number of nitrogens with zero attached hydrogens (tertiary/aromatic N) is 3. The zero-order valence-electron chi connectivity index (χ0n) is 13.6. The number of rotatable bonds is 3. The molecule has 1 aromatic carbocycles. The van der Waals surface area contributed by atoms with Gasteiger partial charge in [-0.3, -0.25) is 14.0 Å². The quantitative estimate of drug-likeness (QED) is 0.567. The van der Waals surface area contributed by atoms with Gasteiger partial charge in [-0.05, 0) is 24.6 Å². The van der Waals surface area contributed by atoms with Crippen LogP contribution in [0, 0.1) is 0 Å². The second kappa shape index (κ2) is 5.76. The van der Waals surface area contributed by atoms with Gasteiger partial charge in [-0.25, -0.2) is 0 Å². The first-order valence-electron chi connectivity index (χ1n) is 7.89. The van der Waals surface area contributed by atoms with E-state index in [0.29, 0.717) is 0 Å². The third kappa shape index (κ3) is 2.29. The van der Waals surface area contributed by atoms with Crippen molar-refractivity contribution in [1.29, 1.82) is 0 Å². The topological polar surface area (TPSA) is 39.8 Å². The van der Waals surface area contributed by atoms with Crippen molar-refractivity contribution in [2.75, 3.05) is 0 Å². The van der Waals surface area contributed by atoms with Crippen LogP contribution in [0.1, 0.15) is 12.6 Å². The molecule has 0 fully saturated rings. The summed E-state index contributed by atoms with van der Waals surface area (Å²) in [6, 6.07) is 12.0. The van der Waals surface area contributed by atoms with Gasteiger partial charge in [0.15, 0.2) is 0 Å². The third-order valence-electron chi connectivity index (χ3n) is 4.21. The lowest BCUT2D eigenvalue weighted by molar-refractivity contribution is 0.768. The maximum absolute atomic E-state index is 13.3. The van der Waals surface area contributed by atoms with E-state index in [0.717, 1.165) is 39.0 Å². The van der Waals surface area contributed by atoms with Crippen molar-refractivity contribution >= 4 is 21.4 Å². The van der Waals surface area contributed by atoms with Crippen LogP contribution in [0.3, 0.4) is 0 Å². The molecule has 0 aliphatic carbocycles. The summed E-state index contributed by atoms with van der Waals surface area (Å²) in [7, 11) is 1.88. The van der Waals surface area contributed by atoms with Crippen molar-refractivity contribution in [3.05, 3.63) is 70.2 Å².